The van der Waals surface area contributed by atoms with E-state index in [1.54, 1.807) is 0 Å². The first kappa shape index (κ1) is 21.5. The molecule has 0 amide bonds. The topological polar surface area (TPSA) is 61.3 Å². The number of nitrogens with zero attached hydrogens (tertiary/aromatic N) is 3. The van der Waals surface area contributed by atoms with Crippen molar-refractivity contribution in [2.24, 2.45) is 0 Å². The van der Waals surface area contributed by atoms with Gasteiger partial charge in [-0.05, 0) is 10.8 Å². The summed E-state index contributed by atoms with van der Waals surface area (Å²) in [5.41, 5.74) is 2.12. The van der Waals surface area contributed by atoms with Gasteiger partial charge in [-0.2, -0.15) is 0 Å². The van der Waals surface area contributed by atoms with Crippen LogP contribution in [0.4, 0.5) is 0 Å². The zero-order chi connectivity index (χ0) is 17.1. The fourth-order valence-electron chi connectivity index (χ4n) is 3.36. The fourth-order valence-corrected chi connectivity index (χ4v) is 3.36. The molecule has 1 aliphatic rings. The van der Waals surface area contributed by atoms with E-state index in [1.165, 1.54) is 10.8 Å². The van der Waals surface area contributed by atoms with Crippen LogP contribution in [0.25, 0.3) is 22.2 Å². The molecule has 0 spiro atoms. The number of benzene rings is 2. The molecule has 144 valence electrons. The van der Waals surface area contributed by atoms with Crippen molar-refractivity contribution >= 4 is 35.6 Å². The van der Waals surface area contributed by atoms with Crippen molar-refractivity contribution in [3.05, 3.63) is 60.4 Å². The second-order valence-electron chi connectivity index (χ2n) is 6.53. The molecule has 0 radical (unpaired) electrons. The van der Waals surface area contributed by atoms with Crippen LogP contribution in [-0.2, 0) is 6.54 Å². The van der Waals surface area contributed by atoms with Crippen molar-refractivity contribution in [2.75, 3.05) is 26.2 Å². The van der Waals surface area contributed by atoms with Gasteiger partial charge in [0.15, 0.2) is 5.82 Å². The lowest BCUT2D eigenvalue weighted by Gasteiger charge is -2.21. The van der Waals surface area contributed by atoms with E-state index < -0.39 is 0 Å². The minimum absolute atomic E-state index is 0. The average Bonchev–Trinajstić information content (AvgIpc) is 2.86. The molecule has 0 aliphatic carbocycles. The van der Waals surface area contributed by atoms with Gasteiger partial charge in [0.1, 0.15) is 0 Å². The van der Waals surface area contributed by atoms with Gasteiger partial charge < -0.3 is 10.4 Å². The van der Waals surface area contributed by atoms with E-state index in [0.717, 1.165) is 36.6 Å². The van der Waals surface area contributed by atoms with E-state index in [4.69, 9.17) is 0 Å². The molecule has 1 unspecified atom stereocenters. The van der Waals surface area contributed by atoms with Crippen LogP contribution in [0.3, 0.4) is 0 Å². The molecule has 5 nitrogen and oxygen atoms in total. The van der Waals surface area contributed by atoms with Crippen LogP contribution in [0.15, 0.2) is 54.9 Å². The largest absolute Gasteiger partial charge is 0.390 e. The van der Waals surface area contributed by atoms with Gasteiger partial charge in [0.05, 0.1) is 6.10 Å². The number of nitrogens with one attached hydrogen (secondary N) is 1. The number of fused-ring (bicyclic) bond motifs is 1. The molecule has 1 aliphatic heterocycles. The first-order valence-electron chi connectivity index (χ1n) is 8.70. The van der Waals surface area contributed by atoms with E-state index in [-0.39, 0.29) is 30.9 Å². The highest BCUT2D eigenvalue weighted by molar-refractivity contribution is 5.94. The Morgan fingerprint density at radius 1 is 1.04 bits per heavy atom. The summed E-state index contributed by atoms with van der Waals surface area (Å²) in [4.78, 5) is 11.4. The maximum Gasteiger partial charge on any atom is 0.159 e. The van der Waals surface area contributed by atoms with Crippen molar-refractivity contribution in [3.63, 3.8) is 0 Å². The summed E-state index contributed by atoms with van der Waals surface area (Å²) >= 11 is 0. The molecular weight excluding hydrogens is 383 g/mol. The summed E-state index contributed by atoms with van der Waals surface area (Å²) in [6.45, 7) is 3.91. The Morgan fingerprint density at radius 2 is 1.78 bits per heavy atom. The van der Waals surface area contributed by atoms with Crippen LogP contribution >= 0.6 is 24.8 Å². The summed E-state index contributed by atoms with van der Waals surface area (Å²) in [6.07, 6.45) is 3.47. The van der Waals surface area contributed by atoms with Crippen molar-refractivity contribution < 1.29 is 5.11 Å². The summed E-state index contributed by atoms with van der Waals surface area (Å²) in [5, 5.41) is 15.5. The summed E-state index contributed by atoms with van der Waals surface area (Å²) in [6, 6.07) is 14.5. The minimum Gasteiger partial charge on any atom is -0.390 e. The molecule has 7 heteroatoms. The highest BCUT2D eigenvalue weighted by Gasteiger charge is 2.16. The molecule has 1 atom stereocenters. The Hall–Kier alpha value is -1.76. The van der Waals surface area contributed by atoms with E-state index >= 15 is 0 Å². The van der Waals surface area contributed by atoms with E-state index in [1.807, 2.05) is 30.6 Å². The number of aliphatic hydroxyl groups excluding tert-OH is 1. The highest BCUT2D eigenvalue weighted by atomic mass is 35.5. The molecule has 1 saturated heterocycles. The SMILES string of the molecule is Cl.Cl.OC1CNCCN(Cc2cnc(-c3cccc4ccccc34)nc2)C1. The molecule has 4 rings (SSSR count). The predicted molar refractivity (Wildman–Crippen MR) is 114 cm³/mol. The number of aromatic nitrogens is 2. The van der Waals surface area contributed by atoms with Gasteiger partial charge in [0.2, 0.25) is 0 Å². The molecule has 2 N–H and O–H groups in total. The lowest BCUT2D eigenvalue weighted by atomic mass is 10.0. The van der Waals surface area contributed by atoms with Crippen molar-refractivity contribution in [2.45, 2.75) is 12.6 Å². The van der Waals surface area contributed by atoms with Crippen LogP contribution in [0.5, 0.6) is 0 Å². The maximum absolute atomic E-state index is 9.90. The Bertz CT molecular complexity index is 855. The van der Waals surface area contributed by atoms with Gasteiger partial charge in [-0.15, -0.1) is 24.8 Å². The molecule has 27 heavy (non-hydrogen) atoms. The first-order valence-corrected chi connectivity index (χ1v) is 8.70. The van der Waals surface area contributed by atoms with Crippen LogP contribution < -0.4 is 5.32 Å². The molecule has 1 fully saturated rings. The van der Waals surface area contributed by atoms with Gasteiger partial charge in [0, 0.05) is 56.2 Å². The normalized spacial score (nSPS) is 17.6. The summed E-state index contributed by atoms with van der Waals surface area (Å²) < 4.78 is 0. The van der Waals surface area contributed by atoms with Gasteiger partial charge in [0.25, 0.3) is 0 Å². The van der Waals surface area contributed by atoms with E-state index in [0.29, 0.717) is 13.1 Å². The lowest BCUT2D eigenvalue weighted by Crippen LogP contribution is -2.32. The smallest absolute Gasteiger partial charge is 0.159 e. The molecule has 3 aromatic rings. The third kappa shape index (κ3) is 5.15. The molecule has 2 heterocycles. The van der Waals surface area contributed by atoms with Crippen LogP contribution in [0.1, 0.15) is 5.56 Å². The quantitative estimate of drug-likeness (QED) is 0.699. The molecule has 2 aromatic carbocycles. The molecule has 0 bridgehead atoms. The standard InChI is InChI=1S/C20H22N4O.2ClH/c25-17-12-21-8-9-24(14-17)13-15-10-22-20(23-11-15)19-7-3-5-16-4-1-2-6-18(16)19;;/h1-7,10-11,17,21,25H,8-9,12-14H2;2*1H. The van der Waals surface area contributed by atoms with Crippen molar-refractivity contribution in [3.8, 4) is 11.4 Å². The van der Waals surface area contributed by atoms with Gasteiger partial charge in [-0.3, -0.25) is 4.90 Å². The average molecular weight is 407 g/mol. The van der Waals surface area contributed by atoms with Crippen LogP contribution in [-0.4, -0.2) is 52.3 Å². The van der Waals surface area contributed by atoms with E-state index in [2.05, 4.69) is 44.5 Å². The summed E-state index contributed by atoms with van der Waals surface area (Å²) in [7, 11) is 0. The minimum atomic E-state index is -0.321. The van der Waals surface area contributed by atoms with Crippen LogP contribution in [0.2, 0.25) is 0 Å². The van der Waals surface area contributed by atoms with Gasteiger partial charge in [-0.25, -0.2) is 9.97 Å². The fraction of sp³-hybridized carbons (Fsp3) is 0.300. The number of aliphatic hydroxyl groups is 1. The number of hydrogen-bond acceptors (Lipinski definition) is 5. The monoisotopic (exact) mass is 406 g/mol. The molecule has 0 saturated carbocycles. The van der Waals surface area contributed by atoms with Crippen molar-refractivity contribution in [1.82, 2.24) is 20.2 Å². The van der Waals surface area contributed by atoms with E-state index in [9.17, 15) is 5.11 Å². The van der Waals surface area contributed by atoms with Gasteiger partial charge >= 0.3 is 0 Å². The summed E-state index contributed by atoms with van der Waals surface area (Å²) in [5.74, 6) is 0.748. The Kier molecular flexibility index (Phi) is 7.95. The Balaban J connectivity index is 0.00000131. The Labute approximate surface area is 171 Å². The lowest BCUT2D eigenvalue weighted by molar-refractivity contribution is 0.127. The van der Waals surface area contributed by atoms with Crippen LogP contribution in [0, 0.1) is 0 Å². The van der Waals surface area contributed by atoms with Gasteiger partial charge in [-0.1, -0.05) is 42.5 Å². The zero-order valence-corrected chi connectivity index (χ0v) is 16.5. The third-order valence-corrected chi connectivity index (χ3v) is 4.60. The number of hydrogen-bond donors (Lipinski definition) is 2. The highest BCUT2D eigenvalue weighted by Crippen LogP contribution is 2.25. The zero-order valence-electron chi connectivity index (χ0n) is 14.9. The number of halogens is 2. The predicted octanol–water partition coefficient (Wildman–Crippen LogP) is 2.91. The second-order valence-corrected chi connectivity index (χ2v) is 6.53. The second kappa shape index (κ2) is 9.97. The maximum atomic E-state index is 9.90. The first-order chi connectivity index (χ1) is 12.3. The number of rotatable bonds is 3. The molecular formula is C20H24Cl2N4O. The molecule has 1 aromatic heterocycles. The number of β-amino-alcohol motifs (C(OH)–C–C–N with tert-alkyl or cyclic N) is 1. The Morgan fingerprint density at radius 3 is 2.59 bits per heavy atom. The van der Waals surface area contributed by atoms with Crippen molar-refractivity contribution in [1.29, 1.82) is 0 Å². The third-order valence-electron chi connectivity index (χ3n) is 4.60.